The standard InChI is InChI=1S/C23H28N6O3/c1-3-7-25-22(30)17-15-18-21(26-20-16(2)6-4-9-29(20)23(18)31)28(19(17)24)10-5-8-27-11-13-32-14-12-27/h3-4,6,9,15,24H,1,5,7-8,10-14H2,2H3,(H,25,30). The van der Waals surface area contributed by atoms with Crippen LogP contribution in [0.3, 0.4) is 0 Å². The summed E-state index contributed by atoms with van der Waals surface area (Å²) in [5, 5.41) is 11.8. The second-order valence-corrected chi connectivity index (χ2v) is 7.90. The number of nitrogens with one attached hydrogen (secondary N) is 2. The number of aryl methyl sites for hydroxylation is 2. The minimum Gasteiger partial charge on any atom is -0.379 e. The van der Waals surface area contributed by atoms with Gasteiger partial charge in [-0.25, -0.2) is 4.98 Å². The van der Waals surface area contributed by atoms with E-state index in [0.29, 0.717) is 23.2 Å². The first kappa shape index (κ1) is 21.9. The number of carbonyl (C=O) groups is 1. The van der Waals surface area contributed by atoms with E-state index in [9.17, 15) is 9.59 Å². The van der Waals surface area contributed by atoms with Gasteiger partial charge in [-0.1, -0.05) is 12.1 Å². The fraction of sp³-hybridized carbons (Fsp3) is 0.391. The van der Waals surface area contributed by atoms with E-state index in [4.69, 9.17) is 15.1 Å². The number of hydrogen-bond acceptors (Lipinski definition) is 6. The maximum absolute atomic E-state index is 13.3. The van der Waals surface area contributed by atoms with Gasteiger partial charge in [0.15, 0.2) is 0 Å². The summed E-state index contributed by atoms with van der Waals surface area (Å²) in [6.07, 6.45) is 4.01. The van der Waals surface area contributed by atoms with E-state index in [1.807, 2.05) is 13.0 Å². The molecule has 4 rings (SSSR count). The van der Waals surface area contributed by atoms with Gasteiger partial charge in [0.2, 0.25) is 0 Å². The number of amides is 1. The molecule has 168 valence electrons. The minimum atomic E-state index is -0.410. The zero-order valence-electron chi connectivity index (χ0n) is 18.3. The number of morpholine rings is 1. The number of aromatic nitrogens is 3. The van der Waals surface area contributed by atoms with E-state index in [-0.39, 0.29) is 23.2 Å². The molecule has 2 N–H and O–H groups in total. The summed E-state index contributed by atoms with van der Waals surface area (Å²) < 4.78 is 8.58. The van der Waals surface area contributed by atoms with Gasteiger partial charge in [-0.3, -0.25) is 24.3 Å². The summed E-state index contributed by atoms with van der Waals surface area (Å²) in [5.41, 5.74) is 1.79. The number of rotatable bonds is 7. The molecule has 32 heavy (non-hydrogen) atoms. The number of fused-ring (bicyclic) bond motifs is 2. The van der Waals surface area contributed by atoms with Crippen LogP contribution < -0.4 is 16.4 Å². The van der Waals surface area contributed by atoms with Gasteiger partial charge >= 0.3 is 0 Å². The highest BCUT2D eigenvalue weighted by Gasteiger charge is 2.18. The largest absolute Gasteiger partial charge is 0.379 e. The third-order valence-electron chi connectivity index (χ3n) is 5.74. The van der Waals surface area contributed by atoms with Crippen molar-refractivity contribution in [2.24, 2.45) is 0 Å². The molecular weight excluding hydrogens is 408 g/mol. The monoisotopic (exact) mass is 436 g/mol. The fourth-order valence-corrected chi connectivity index (χ4v) is 4.02. The third-order valence-corrected chi connectivity index (χ3v) is 5.74. The van der Waals surface area contributed by atoms with Crippen LogP contribution in [0, 0.1) is 12.3 Å². The maximum atomic E-state index is 13.3. The van der Waals surface area contributed by atoms with Gasteiger partial charge in [0, 0.05) is 38.9 Å². The lowest BCUT2D eigenvalue weighted by Gasteiger charge is -2.26. The molecule has 0 radical (unpaired) electrons. The first-order valence-electron chi connectivity index (χ1n) is 10.8. The van der Waals surface area contributed by atoms with Crippen molar-refractivity contribution in [1.29, 1.82) is 5.41 Å². The third kappa shape index (κ3) is 4.21. The van der Waals surface area contributed by atoms with E-state index >= 15 is 0 Å². The van der Waals surface area contributed by atoms with Crippen molar-refractivity contribution in [2.75, 3.05) is 39.4 Å². The molecule has 3 aromatic heterocycles. The maximum Gasteiger partial charge on any atom is 0.267 e. The van der Waals surface area contributed by atoms with E-state index < -0.39 is 5.91 Å². The molecular formula is C23H28N6O3. The van der Waals surface area contributed by atoms with Crippen molar-refractivity contribution < 1.29 is 9.53 Å². The molecule has 0 saturated carbocycles. The highest BCUT2D eigenvalue weighted by Crippen LogP contribution is 2.13. The summed E-state index contributed by atoms with van der Waals surface area (Å²) in [7, 11) is 0. The molecule has 9 nitrogen and oxygen atoms in total. The van der Waals surface area contributed by atoms with Crippen molar-refractivity contribution in [2.45, 2.75) is 19.9 Å². The number of carbonyl (C=O) groups excluding carboxylic acids is 1. The highest BCUT2D eigenvalue weighted by atomic mass is 16.5. The van der Waals surface area contributed by atoms with Crippen molar-refractivity contribution >= 4 is 22.6 Å². The average molecular weight is 437 g/mol. The average Bonchev–Trinajstić information content (AvgIpc) is 2.80. The van der Waals surface area contributed by atoms with Crippen LogP contribution in [0.2, 0.25) is 0 Å². The van der Waals surface area contributed by atoms with Crippen molar-refractivity contribution in [3.63, 3.8) is 0 Å². The molecule has 3 aromatic rings. The zero-order chi connectivity index (χ0) is 22.7. The van der Waals surface area contributed by atoms with Crippen LogP contribution in [-0.2, 0) is 11.3 Å². The second kappa shape index (κ2) is 9.46. The molecule has 0 atom stereocenters. The molecule has 0 aromatic carbocycles. The van der Waals surface area contributed by atoms with Crippen molar-refractivity contribution in [3.05, 3.63) is 64.0 Å². The SMILES string of the molecule is C=CCNC(=O)c1cc2c(=O)n3cccc(C)c3nc2n(CCCN2CCOCC2)c1=N. The predicted octanol–water partition coefficient (Wildman–Crippen LogP) is 1.08. The summed E-state index contributed by atoms with van der Waals surface area (Å²) in [5.74, 6) is -0.410. The molecule has 9 heteroatoms. The Morgan fingerprint density at radius 2 is 2.09 bits per heavy atom. The number of pyridine rings is 2. The summed E-state index contributed by atoms with van der Waals surface area (Å²) in [4.78, 5) is 33.1. The van der Waals surface area contributed by atoms with Gasteiger partial charge < -0.3 is 14.6 Å². The number of ether oxygens (including phenoxy) is 1. The minimum absolute atomic E-state index is 0.0471. The molecule has 0 spiro atoms. The highest BCUT2D eigenvalue weighted by molar-refractivity contribution is 5.96. The second-order valence-electron chi connectivity index (χ2n) is 7.90. The Kier molecular flexibility index (Phi) is 6.48. The molecule has 1 aliphatic heterocycles. The van der Waals surface area contributed by atoms with Gasteiger partial charge in [-0.15, -0.1) is 6.58 Å². The van der Waals surface area contributed by atoms with Gasteiger partial charge in [-0.05, 0) is 31.0 Å². The Labute approximate surface area is 185 Å². The van der Waals surface area contributed by atoms with Gasteiger partial charge in [0.1, 0.15) is 16.8 Å². The molecule has 1 aliphatic rings. The zero-order valence-corrected chi connectivity index (χ0v) is 18.3. The Morgan fingerprint density at radius 1 is 1.31 bits per heavy atom. The van der Waals surface area contributed by atoms with E-state index in [1.165, 1.54) is 10.5 Å². The molecule has 0 unspecified atom stereocenters. The molecule has 1 saturated heterocycles. The summed E-state index contributed by atoms with van der Waals surface area (Å²) in [6.45, 7) is 10.3. The lowest BCUT2D eigenvalue weighted by atomic mass is 10.2. The topological polar surface area (TPSA) is 105 Å². The number of hydrogen-bond donors (Lipinski definition) is 2. The molecule has 0 aliphatic carbocycles. The van der Waals surface area contributed by atoms with Gasteiger partial charge in [-0.2, -0.15) is 0 Å². The normalized spacial score (nSPS) is 14.7. The Hall–Kier alpha value is -3.30. The van der Waals surface area contributed by atoms with Crippen molar-refractivity contribution in [1.82, 2.24) is 24.2 Å². The van der Waals surface area contributed by atoms with Gasteiger partial charge in [0.05, 0.1) is 24.2 Å². The van der Waals surface area contributed by atoms with E-state index in [0.717, 1.165) is 44.8 Å². The Bertz CT molecular complexity index is 1290. The molecule has 4 heterocycles. The molecule has 1 amide bonds. The van der Waals surface area contributed by atoms with Crippen LogP contribution in [0.25, 0.3) is 16.7 Å². The molecule has 0 bridgehead atoms. The molecule has 1 fully saturated rings. The van der Waals surface area contributed by atoms with Crippen molar-refractivity contribution in [3.8, 4) is 0 Å². The summed E-state index contributed by atoms with van der Waals surface area (Å²) >= 11 is 0. The predicted molar refractivity (Wildman–Crippen MR) is 122 cm³/mol. The van der Waals surface area contributed by atoms with Crippen LogP contribution in [0.4, 0.5) is 0 Å². The van der Waals surface area contributed by atoms with Crippen LogP contribution in [0.5, 0.6) is 0 Å². The quantitative estimate of drug-likeness (QED) is 0.426. The number of nitrogens with zero attached hydrogens (tertiary/aromatic N) is 4. The van der Waals surface area contributed by atoms with Crippen LogP contribution in [0.15, 0.2) is 41.8 Å². The first-order chi connectivity index (χ1) is 15.5. The smallest absolute Gasteiger partial charge is 0.267 e. The Balaban J connectivity index is 1.82. The van der Waals surface area contributed by atoms with Crippen LogP contribution in [0.1, 0.15) is 22.3 Å². The van der Waals surface area contributed by atoms with Gasteiger partial charge in [0.25, 0.3) is 11.5 Å². The van der Waals surface area contributed by atoms with Crippen LogP contribution >= 0.6 is 0 Å². The lowest BCUT2D eigenvalue weighted by molar-refractivity contribution is 0.0369. The summed E-state index contributed by atoms with van der Waals surface area (Å²) in [6, 6.07) is 5.18. The fourth-order valence-electron chi connectivity index (χ4n) is 4.02. The van der Waals surface area contributed by atoms with Crippen LogP contribution in [-0.4, -0.2) is 64.2 Å². The first-order valence-corrected chi connectivity index (χ1v) is 10.8. The van der Waals surface area contributed by atoms with E-state index in [1.54, 1.807) is 22.9 Å². The Morgan fingerprint density at radius 3 is 2.84 bits per heavy atom. The van der Waals surface area contributed by atoms with E-state index in [2.05, 4.69) is 16.8 Å². The lowest BCUT2D eigenvalue weighted by Crippen LogP contribution is -2.38.